The molecule has 0 aliphatic rings. The minimum absolute atomic E-state index is 0.681. The quantitative estimate of drug-likeness (QED) is 0.0251. The van der Waals surface area contributed by atoms with Crippen molar-refractivity contribution in [2.24, 2.45) is 0 Å². The summed E-state index contributed by atoms with van der Waals surface area (Å²) in [7, 11) is -157. The third kappa shape index (κ3) is 26.1. The Morgan fingerprint density at radius 3 is 0.740 bits per heavy atom. The van der Waals surface area contributed by atoms with Crippen LogP contribution in [0.5, 0.6) is 0 Å². The van der Waals surface area contributed by atoms with Crippen molar-refractivity contribution in [2.75, 3.05) is 7.11 Å². The van der Waals surface area contributed by atoms with Gasteiger partial charge in [0.05, 0.1) is 0 Å². The SMILES string of the molecule is CO[Si](C)([Si])[Si](O[Si](C)O)([Si](O[Si]O)([Si]O)[Si](C)(C)O)[Si](O[Si](O[Si]O)([Si]O)[Si]O)([Si](O[Si](C)(C)O[Si](C)(C)C)(O[Si](O[Si](O[Si](C)(C)O)([Si]O)[Si]O)([Si](O[Si]O)([Si]O)[Si]O)[Si](O[Si]O)([Si]O)[Si]O)[Si](O[Si](O[Si]O)([Si]O)[Si]O)([Si](O[Si]O)([Si]O)[Si]O)[Si](O[Si]O)([Si]O)[Si]O)[Si](O[Si](O[Si]O)([Si]O)[Si]O)([Si](O[Si]O)([Si]O)[Si]O)[Si](O[Si]O)([Si]O)[Si](C)(C)O. The van der Waals surface area contributed by atoms with Gasteiger partial charge in [0.1, 0.15) is 0 Å². The fourth-order valence-corrected chi connectivity index (χ4v) is 872. The summed E-state index contributed by atoms with van der Waals surface area (Å²) in [5, 5.41) is 0. The van der Waals surface area contributed by atoms with E-state index in [4.69, 9.17) is 82.6 Å². The minimum atomic E-state index is -9.61. The molecule has 34 N–H and O–H groups in total. The van der Waals surface area contributed by atoms with Gasteiger partial charge in [0, 0.05) is 16.9 Å². The van der Waals surface area contributed by atoms with Gasteiger partial charge in [-0.25, -0.2) is 0 Å². The zero-order chi connectivity index (χ0) is 96.4. The van der Waals surface area contributed by atoms with Crippen LogP contribution in [0.25, 0.3) is 0 Å². The molecule has 64 radical (unpaired) electrons. The molecule has 109 heteroatoms. The van der Waals surface area contributed by atoms with Crippen molar-refractivity contribution in [3.05, 3.63) is 0 Å². The molecule has 0 amide bonds. The van der Waals surface area contributed by atoms with Gasteiger partial charge in [-0.2, -0.15) is 0 Å². The molecule has 0 aliphatic heterocycles. The normalized spacial score (nSPS) is 18.0. The molecule has 676 valence electrons. The second kappa shape index (κ2) is 55.9. The second-order valence-corrected chi connectivity index (χ2v) is 270. The number of rotatable bonds is 73. The molecular weight excluding hydrogens is 2580 g/mol. The first kappa shape index (κ1) is 133. The van der Waals surface area contributed by atoms with Gasteiger partial charge in [0.15, 0.2) is 31.3 Å². The highest BCUT2D eigenvalue weighted by Crippen LogP contribution is 2.62. The first-order valence-corrected chi connectivity index (χ1v) is 145. The van der Waals surface area contributed by atoms with Gasteiger partial charge in [0.25, 0.3) is 102 Å². The molecule has 7 unspecified atom stereocenters. The monoisotopic (exact) mass is 2650 g/mol. The van der Waals surface area contributed by atoms with Crippen LogP contribution in [0, 0.1) is 0 Å². The van der Waals surface area contributed by atoms with Crippen LogP contribution in [0.2, 0.25) is 85.1 Å². The maximum Gasteiger partial charge on any atom is 0.420 e. The molecule has 0 rings (SSSR count). The highest BCUT2D eigenvalue weighted by Gasteiger charge is 3.09. The fourth-order valence-electron chi connectivity index (χ4n) is 12.4. The molecule has 0 aromatic heterocycles. The van der Waals surface area contributed by atoms with E-state index < -0.39 is 465 Å². The van der Waals surface area contributed by atoms with E-state index in [1.165, 1.54) is 19.6 Å². The van der Waals surface area contributed by atoms with E-state index in [0.717, 1.165) is 65.5 Å². The Labute approximate surface area is 803 Å². The third-order valence-corrected chi connectivity index (χ3v) is 474. The van der Waals surface area contributed by atoms with E-state index in [-0.39, 0.29) is 0 Å². The molecule has 0 spiro atoms. The summed E-state index contributed by atoms with van der Waals surface area (Å²) in [6.45, 7) is -74.0. The predicted octanol–water partition coefficient (Wildman–Crippen LogP) is -33.5. The van der Waals surface area contributed by atoms with E-state index in [0.29, 0.717) is 7.11 Å². The van der Waals surface area contributed by atoms with Crippen LogP contribution in [-0.4, -0.2) is 644 Å². The molecule has 7 atom stereocenters. The summed E-state index contributed by atoms with van der Waals surface area (Å²) in [6, 6.07) is 0. The van der Waals surface area contributed by atoms with Crippen LogP contribution in [-0.2, 0) is 82.6 Å². The summed E-state index contributed by atoms with van der Waals surface area (Å²) in [5.74, 6) is 0. The van der Waals surface area contributed by atoms with Crippen molar-refractivity contribution in [1.29, 1.82) is 0 Å². The Balaban J connectivity index is 18.3. The highest BCUT2D eigenvalue weighted by molar-refractivity contribution is 8.34. The molecule has 0 aromatic carbocycles. The first-order chi connectivity index (χ1) is 57.0. The lowest BCUT2D eigenvalue weighted by atomic mass is 11.8. The van der Waals surface area contributed by atoms with Crippen LogP contribution in [0.4, 0.5) is 0 Å². The predicted molar refractivity (Wildman–Crippen MR) is 496 cm³/mol. The van der Waals surface area contributed by atoms with Crippen LogP contribution in [0.15, 0.2) is 0 Å². The van der Waals surface area contributed by atoms with Gasteiger partial charge >= 0.3 is 172 Å². The Morgan fingerprint density at radius 1 is 0.252 bits per heavy atom. The Morgan fingerprint density at radius 2 is 0.512 bits per heavy atom. The maximum absolute atomic E-state index is 15.0. The van der Waals surface area contributed by atoms with E-state index in [2.05, 4.69) is 9.76 Å². The van der Waals surface area contributed by atoms with Crippen molar-refractivity contribution < 1.29 is 246 Å². The van der Waals surface area contributed by atoms with Gasteiger partial charge in [0.2, 0.25) is 159 Å². The highest BCUT2D eigenvalue weighted by atomic mass is 30.6. The topological polar surface area (TPSA) is 872 Å². The van der Waals surface area contributed by atoms with E-state index in [1.807, 2.05) is 0 Å². The molecule has 123 heavy (non-hydrogen) atoms. The molecule has 0 heterocycles. The maximum atomic E-state index is 15.0. The summed E-state index contributed by atoms with van der Waals surface area (Å²) in [4.78, 5) is 449. The number of hydrogen-bond donors (Lipinski definition) is 34. The van der Waals surface area contributed by atoms with Gasteiger partial charge in [-0.3, -0.25) is 0 Å². The fraction of sp³-hybridized carbons (Fsp3) is 1.00. The van der Waals surface area contributed by atoms with Gasteiger partial charge in [-0.1, -0.05) is 0 Å². The van der Waals surface area contributed by atoms with Crippen molar-refractivity contribution in [3.63, 3.8) is 0 Å². The second-order valence-electron chi connectivity index (χ2n) is 26.1. The smallest absolute Gasteiger partial charge is 0.420 e. The summed E-state index contributed by atoms with van der Waals surface area (Å²) < 4.78 is 145. The van der Waals surface area contributed by atoms with Crippen molar-refractivity contribution >= 4 is 474 Å². The summed E-state index contributed by atoms with van der Waals surface area (Å²) >= 11 is 0. The number of hydrogen-bond acceptors (Lipinski definition) is 54. The standard InChI is InChI=1S/C14H76O54Si55/c1-49-106(14,69)120(60-100(2)45,118(98-43,58-78-23)103(8,9)47)122(66-108(82-27,83-28)51-71-16,123(117(96-41,97-42)57-77-22,67-109(84-29,85-30)52-72-17)119(99-44,59-79-24)104(10,11)48)112(63-105(12,13)61-101(3,4)5,121(115(92-37,93-38)55-75-20,116(94-39,95-40)56-76-21)65-107(80-25,81-26)50-70-15)68-111(113(88-33,89-34)53-73-18,114(90-35,91-36)54-74-19)64-110(86-31,87-32)62-102(6,7)46/h15-48H,1-14H3. The molecular formula is C14H76O54Si55. The van der Waals surface area contributed by atoms with E-state index >= 15 is 0 Å². The van der Waals surface area contributed by atoms with E-state index in [1.54, 1.807) is 0 Å². The molecule has 0 saturated carbocycles. The molecule has 0 saturated heterocycles. The lowest BCUT2D eigenvalue weighted by Gasteiger charge is -2.77. The Bertz CT molecular complexity index is 2920. The van der Waals surface area contributed by atoms with Crippen molar-refractivity contribution in [1.82, 2.24) is 0 Å². The average Bonchev–Trinajstić information content (AvgIpc) is 0.612. The van der Waals surface area contributed by atoms with Crippen molar-refractivity contribution in [3.8, 4) is 0 Å². The third-order valence-electron chi connectivity index (χ3n) is 16.3. The van der Waals surface area contributed by atoms with Crippen LogP contribution in [0.3, 0.4) is 0 Å². The molecule has 0 aliphatic carbocycles. The Kier molecular flexibility index (Phi) is 60.3. The first-order valence-electron chi connectivity index (χ1n) is 31.2. The zero-order valence-electron chi connectivity index (χ0n) is 64.9. The lowest BCUT2D eigenvalue weighted by Crippen LogP contribution is -3.21. The van der Waals surface area contributed by atoms with Crippen LogP contribution >= 0.6 is 0 Å². The molecule has 0 bridgehead atoms. The summed E-state index contributed by atoms with van der Waals surface area (Å²) in [5.41, 5.74) is 0. The largest absolute Gasteiger partial charge is 0.439 e. The molecule has 0 fully saturated rings. The average molecular weight is 2650 g/mol. The summed E-state index contributed by atoms with van der Waals surface area (Å²) in [6.07, 6.45) is 0. The minimum Gasteiger partial charge on any atom is -0.439 e. The van der Waals surface area contributed by atoms with Gasteiger partial charge < -0.3 is 246 Å². The van der Waals surface area contributed by atoms with Crippen LogP contribution in [0.1, 0.15) is 0 Å². The van der Waals surface area contributed by atoms with Crippen LogP contribution < -0.4 is 0 Å². The van der Waals surface area contributed by atoms with Gasteiger partial charge in [-0.05, 0) is 85.1 Å². The lowest BCUT2D eigenvalue weighted by molar-refractivity contribution is 0.284. The van der Waals surface area contributed by atoms with Gasteiger partial charge in [-0.15, -0.1) is 0 Å². The zero-order valence-corrected chi connectivity index (χ0v) is 120. The molecule has 0 aromatic rings. The van der Waals surface area contributed by atoms with Crippen molar-refractivity contribution in [2.45, 2.75) is 85.1 Å². The van der Waals surface area contributed by atoms with E-state index in [9.17, 15) is 163 Å². The molecule has 54 nitrogen and oxygen atoms in total. The Hall–Kier alpha value is 9.77.